The Kier molecular flexibility index (Phi) is 16.8. The number of aliphatic hydroxyl groups excluding tert-OH is 12. The van der Waals surface area contributed by atoms with E-state index in [0.29, 0.717) is 51.4 Å². The molecule has 404 valence electrons. The molecule has 3 heterocycles. The number of esters is 1. The van der Waals surface area contributed by atoms with Crippen LogP contribution in [0.25, 0.3) is 0 Å². The SMILES string of the molecule is CC(=O)OC[C@H]1O[C@@H](O[C@H]2C[C@]3(C)[C@H](C[C@@H](O)[C@@H]4[C@@H]([C@](C)(CCC=C(C)C)O[C@@H]5O[C@H](CO)[C@@H](O[C@@H]6O[C@H](CO)[C@H](O)[C@H](O)[C@H]6O)[C@H](O)[C@H]5O)CC[C@]43C)[C@@]3(C)CC[C@H](O)C(C)(C)C23)[C@H](O)[C@@H](O)[C@@H]1O. The number of rotatable bonds is 14. The van der Waals surface area contributed by atoms with E-state index in [1.54, 1.807) is 0 Å². The van der Waals surface area contributed by atoms with Gasteiger partial charge in [-0.15, -0.1) is 0 Å². The third-order valence-electron chi connectivity index (χ3n) is 19.0. The van der Waals surface area contributed by atoms with Crippen LogP contribution in [0.15, 0.2) is 11.6 Å². The lowest BCUT2D eigenvalue weighted by atomic mass is 9.34. The molecular weight excluding hydrogens is 921 g/mol. The molecule has 4 saturated carbocycles. The molecule has 3 saturated heterocycles. The Balaban J connectivity index is 1.20. The van der Waals surface area contributed by atoms with Crippen molar-refractivity contribution in [3.05, 3.63) is 11.6 Å². The van der Waals surface area contributed by atoms with Crippen molar-refractivity contribution in [1.82, 2.24) is 0 Å². The van der Waals surface area contributed by atoms with Gasteiger partial charge in [0.1, 0.15) is 79.9 Å². The maximum Gasteiger partial charge on any atom is 0.302 e. The third kappa shape index (κ3) is 9.70. The molecule has 12 N–H and O–H groups in total. The summed E-state index contributed by atoms with van der Waals surface area (Å²) < 4.78 is 42.7. The monoisotopic (exact) mass is 1000 g/mol. The lowest BCUT2D eigenvalue weighted by Crippen LogP contribution is -2.71. The van der Waals surface area contributed by atoms with Crippen LogP contribution in [-0.2, 0) is 38.0 Å². The van der Waals surface area contributed by atoms with Crippen LogP contribution in [0.3, 0.4) is 0 Å². The van der Waals surface area contributed by atoms with Gasteiger partial charge in [-0.1, -0.05) is 46.3 Å². The van der Waals surface area contributed by atoms with E-state index in [1.165, 1.54) is 6.92 Å². The molecule has 0 spiro atoms. The van der Waals surface area contributed by atoms with Gasteiger partial charge < -0.3 is 94.4 Å². The summed E-state index contributed by atoms with van der Waals surface area (Å²) in [4.78, 5) is 11.8. The maximum atomic E-state index is 12.8. The normalized spacial score (nSPS) is 51.0. The van der Waals surface area contributed by atoms with E-state index in [1.807, 2.05) is 34.6 Å². The zero-order valence-electron chi connectivity index (χ0n) is 42.2. The first-order valence-corrected chi connectivity index (χ1v) is 25.4. The van der Waals surface area contributed by atoms with Crippen molar-refractivity contribution in [1.29, 1.82) is 0 Å². The molecule has 0 bridgehead atoms. The van der Waals surface area contributed by atoms with Crippen LogP contribution in [0.1, 0.15) is 114 Å². The second-order valence-electron chi connectivity index (χ2n) is 23.7. The number of hydrogen-bond acceptors (Lipinski definition) is 20. The highest BCUT2D eigenvalue weighted by atomic mass is 16.7. The summed E-state index contributed by atoms with van der Waals surface area (Å²) in [5.41, 5.74) is -2.52. The van der Waals surface area contributed by atoms with E-state index in [-0.39, 0.29) is 24.4 Å². The third-order valence-corrected chi connectivity index (χ3v) is 19.0. The van der Waals surface area contributed by atoms with E-state index in [9.17, 15) is 66.1 Å². The van der Waals surface area contributed by atoms with Crippen molar-refractivity contribution in [2.45, 2.75) is 230 Å². The average Bonchev–Trinajstić information content (AvgIpc) is 3.68. The Morgan fingerprint density at radius 3 is 1.86 bits per heavy atom. The minimum Gasteiger partial charge on any atom is -0.463 e. The average molecular weight is 1010 g/mol. The molecule has 0 aromatic carbocycles. The molecule has 26 atom stereocenters. The highest BCUT2D eigenvalue weighted by Gasteiger charge is 2.74. The summed E-state index contributed by atoms with van der Waals surface area (Å²) in [6.45, 7) is 15.9. The van der Waals surface area contributed by atoms with Crippen LogP contribution in [-0.4, -0.2) is 203 Å². The van der Waals surface area contributed by atoms with E-state index >= 15 is 0 Å². The van der Waals surface area contributed by atoms with Crippen LogP contribution < -0.4 is 0 Å². The highest BCUT2D eigenvalue weighted by Crippen LogP contribution is 2.76. The second kappa shape index (κ2) is 20.9. The molecule has 70 heavy (non-hydrogen) atoms. The fourth-order valence-electron chi connectivity index (χ4n) is 15.1. The van der Waals surface area contributed by atoms with E-state index < -0.39 is 163 Å². The Labute approximate surface area is 410 Å². The van der Waals surface area contributed by atoms with Crippen molar-refractivity contribution in [2.24, 2.45) is 45.3 Å². The fraction of sp³-hybridized carbons (Fsp3) is 0.940. The lowest BCUT2D eigenvalue weighted by molar-refractivity contribution is -0.372. The molecule has 20 nitrogen and oxygen atoms in total. The number of aliphatic hydroxyl groups is 12. The molecule has 4 aliphatic carbocycles. The van der Waals surface area contributed by atoms with Crippen molar-refractivity contribution in [2.75, 3.05) is 19.8 Å². The number of carbonyl (C=O) groups excluding carboxylic acids is 1. The molecule has 20 heteroatoms. The summed E-state index contributed by atoms with van der Waals surface area (Å²) in [6, 6.07) is 0. The Morgan fingerprint density at radius 1 is 0.686 bits per heavy atom. The van der Waals surface area contributed by atoms with Gasteiger partial charge in [0, 0.05) is 6.92 Å². The van der Waals surface area contributed by atoms with E-state index in [2.05, 4.69) is 26.8 Å². The lowest BCUT2D eigenvalue weighted by Gasteiger charge is -2.72. The minimum atomic E-state index is -1.83. The molecule has 1 unspecified atom stereocenters. The van der Waals surface area contributed by atoms with Gasteiger partial charge in [-0.05, 0) is 117 Å². The van der Waals surface area contributed by atoms with Gasteiger partial charge in [0.15, 0.2) is 18.9 Å². The Hall–Kier alpha value is -1.51. The topological polar surface area (TPSA) is 324 Å². The first-order valence-electron chi connectivity index (χ1n) is 25.4. The first-order chi connectivity index (χ1) is 32.6. The first kappa shape index (κ1) is 56.2. The molecule has 3 aliphatic heterocycles. The van der Waals surface area contributed by atoms with Crippen LogP contribution >= 0.6 is 0 Å². The predicted molar refractivity (Wildman–Crippen MR) is 245 cm³/mol. The molecule has 7 rings (SSSR count). The molecular formula is C50H84O20. The summed E-state index contributed by atoms with van der Waals surface area (Å²) in [6.07, 6.45) is -19.9. The van der Waals surface area contributed by atoms with Gasteiger partial charge in [0.05, 0.1) is 37.1 Å². The Morgan fingerprint density at radius 2 is 1.26 bits per heavy atom. The number of hydrogen-bond donors (Lipinski definition) is 12. The molecule has 0 aromatic heterocycles. The van der Waals surface area contributed by atoms with E-state index in [0.717, 1.165) is 5.57 Å². The molecule has 0 radical (unpaired) electrons. The fourth-order valence-corrected chi connectivity index (χ4v) is 15.1. The van der Waals surface area contributed by atoms with Crippen LogP contribution in [0.5, 0.6) is 0 Å². The summed E-state index contributed by atoms with van der Waals surface area (Å²) >= 11 is 0. The highest BCUT2D eigenvalue weighted by molar-refractivity contribution is 5.65. The summed E-state index contributed by atoms with van der Waals surface area (Å²) in [7, 11) is 0. The number of allylic oxidation sites excluding steroid dienone is 2. The van der Waals surface area contributed by atoms with Gasteiger partial charge in [0.25, 0.3) is 0 Å². The molecule has 0 aromatic rings. The largest absolute Gasteiger partial charge is 0.463 e. The quantitative estimate of drug-likeness (QED) is 0.0594. The zero-order chi connectivity index (χ0) is 51.8. The number of carbonyl (C=O) groups is 1. The number of ether oxygens (including phenoxy) is 7. The van der Waals surface area contributed by atoms with Gasteiger partial charge in [-0.25, -0.2) is 0 Å². The molecule has 7 fully saturated rings. The minimum absolute atomic E-state index is 0.0876. The van der Waals surface area contributed by atoms with Gasteiger partial charge in [-0.3, -0.25) is 4.79 Å². The second-order valence-corrected chi connectivity index (χ2v) is 23.7. The van der Waals surface area contributed by atoms with Crippen LogP contribution in [0, 0.1) is 45.3 Å². The smallest absolute Gasteiger partial charge is 0.302 e. The van der Waals surface area contributed by atoms with Crippen molar-refractivity contribution in [3.63, 3.8) is 0 Å². The van der Waals surface area contributed by atoms with E-state index in [4.69, 9.17) is 33.2 Å². The molecule has 0 amide bonds. The summed E-state index contributed by atoms with van der Waals surface area (Å²) in [5, 5.41) is 133. The standard InChI is InChI=1S/C50H84O20/c1-22(2)11-10-14-50(9,70-45-40(63)37(60)41(28(20-52)67-45)69-44-39(62)35(58)33(56)27(19-51)66-44)24-12-16-48(7)32(24)25(54)17-30-47(6)15-13-31(55)46(4,5)42(47)26(18-49(30,48)8)65-43-38(61)36(59)34(57)29(68-43)21-64-23(3)53/h11,24-45,51-52,54-63H,10,12-21H2,1-9H3/t24-,25+,26-,27+,28+,29+,30+,31-,32-,33-,34+,35-,36-,37+,38+,39+,40+,41+,42?,43+,44-,45-,47+,48+,49+,50-/m0/s1. The van der Waals surface area contributed by atoms with Crippen molar-refractivity contribution < 1.29 is 99.2 Å². The summed E-state index contributed by atoms with van der Waals surface area (Å²) in [5.74, 6) is -1.81. The van der Waals surface area contributed by atoms with Crippen molar-refractivity contribution >= 4 is 5.97 Å². The Bertz CT molecular complexity index is 1830. The van der Waals surface area contributed by atoms with Crippen LogP contribution in [0.2, 0.25) is 0 Å². The van der Waals surface area contributed by atoms with Crippen molar-refractivity contribution in [3.8, 4) is 0 Å². The number of fused-ring (bicyclic) bond motifs is 5. The molecule has 7 aliphatic rings. The van der Waals surface area contributed by atoms with Gasteiger partial charge in [-0.2, -0.15) is 0 Å². The van der Waals surface area contributed by atoms with Gasteiger partial charge in [0.2, 0.25) is 0 Å². The maximum absolute atomic E-state index is 12.8. The van der Waals surface area contributed by atoms with Gasteiger partial charge >= 0.3 is 5.97 Å². The predicted octanol–water partition coefficient (Wildman–Crippen LogP) is -0.485. The zero-order valence-corrected chi connectivity index (χ0v) is 42.2. The van der Waals surface area contributed by atoms with Crippen LogP contribution in [0.4, 0.5) is 0 Å².